The second kappa shape index (κ2) is 4.68. The van der Waals surface area contributed by atoms with Crippen LogP contribution in [0.5, 0.6) is 0 Å². The van der Waals surface area contributed by atoms with E-state index < -0.39 is 11.5 Å². The van der Waals surface area contributed by atoms with Crippen molar-refractivity contribution in [3.05, 3.63) is 35.9 Å². The molecule has 1 fully saturated rings. The maximum absolute atomic E-state index is 11.9. The molecular formula is C13H16N2O3. The molecule has 0 spiro atoms. The van der Waals surface area contributed by atoms with Crippen LogP contribution in [-0.4, -0.2) is 35.1 Å². The molecule has 1 aliphatic heterocycles. The van der Waals surface area contributed by atoms with Crippen molar-refractivity contribution in [1.82, 2.24) is 10.2 Å². The van der Waals surface area contributed by atoms with Crippen LogP contribution in [-0.2, 0) is 10.3 Å². The number of hydrogen-bond donors (Lipinski definition) is 2. The molecule has 1 atom stereocenters. The minimum absolute atomic E-state index is 0.324. The molecule has 1 unspecified atom stereocenters. The second-order valence-corrected chi connectivity index (χ2v) is 4.48. The average Bonchev–Trinajstić information content (AvgIpc) is 2.39. The van der Waals surface area contributed by atoms with Crippen LogP contribution in [0.1, 0.15) is 18.9 Å². The number of rotatable bonds is 3. The topological polar surface area (TPSA) is 69.6 Å². The van der Waals surface area contributed by atoms with E-state index in [0.717, 1.165) is 6.42 Å². The van der Waals surface area contributed by atoms with Gasteiger partial charge >= 0.3 is 12.0 Å². The summed E-state index contributed by atoms with van der Waals surface area (Å²) in [5.41, 5.74) is -0.722. The van der Waals surface area contributed by atoms with Crippen molar-refractivity contribution >= 4 is 12.0 Å². The minimum Gasteiger partial charge on any atom is -0.479 e. The molecular weight excluding hydrogens is 232 g/mol. The Morgan fingerprint density at radius 3 is 2.61 bits per heavy atom. The van der Waals surface area contributed by atoms with Crippen molar-refractivity contribution in [2.75, 3.05) is 13.1 Å². The molecule has 1 aromatic rings. The number of carboxylic acids is 1. The summed E-state index contributed by atoms with van der Waals surface area (Å²) in [6, 6.07) is 8.51. The summed E-state index contributed by atoms with van der Waals surface area (Å²) in [5.74, 6) is -1.02. The maximum atomic E-state index is 11.9. The van der Waals surface area contributed by atoms with Gasteiger partial charge in [-0.1, -0.05) is 30.3 Å². The highest BCUT2D eigenvalue weighted by Crippen LogP contribution is 2.29. The third-order valence-electron chi connectivity index (χ3n) is 3.37. The van der Waals surface area contributed by atoms with Gasteiger partial charge in [-0.15, -0.1) is 0 Å². The van der Waals surface area contributed by atoms with Crippen LogP contribution in [0.2, 0.25) is 0 Å². The van der Waals surface area contributed by atoms with Gasteiger partial charge in [-0.3, -0.25) is 0 Å². The van der Waals surface area contributed by atoms with E-state index in [1.54, 1.807) is 31.2 Å². The van der Waals surface area contributed by atoms with Crippen molar-refractivity contribution in [1.29, 1.82) is 0 Å². The highest BCUT2D eigenvalue weighted by Gasteiger charge is 2.44. The fourth-order valence-corrected chi connectivity index (χ4v) is 2.21. The largest absolute Gasteiger partial charge is 0.479 e. The van der Waals surface area contributed by atoms with Crippen LogP contribution in [0, 0.1) is 0 Å². The second-order valence-electron chi connectivity index (χ2n) is 4.48. The van der Waals surface area contributed by atoms with E-state index in [-0.39, 0.29) is 6.03 Å². The van der Waals surface area contributed by atoms with E-state index in [2.05, 4.69) is 5.32 Å². The van der Waals surface area contributed by atoms with E-state index >= 15 is 0 Å². The number of aliphatic carboxylic acids is 1. The summed E-state index contributed by atoms with van der Waals surface area (Å²) in [7, 11) is 0. The van der Waals surface area contributed by atoms with E-state index in [1.165, 1.54) is 4.90 Å². The highest BCUT2D eigenvalue weighted by molar-refractivity contribution is 5.87. The molecule has 0 saturated carbocycles. The molecule has 1 saturated heterocycles. The molecule has 18 heavy (non-hydrogen) atoms. The number of carbonyl (C=O) groups is 2. The number of nitrogens with one attached hydrogen (secondary N) is 1. The molecule has 0 aliphatic carbocycles. The molecule has 2 amide bonds. The number of carboxylic acid groups (broad SMARTS) is 1. The number of hydrogen-bond acceptors (Lipinski definition) is 2. The smallest absolute Gasteiger partial charge is 0.334 e. The standard InChI is InChI=1S/C13H16N2O3/c1-13(11(16)17,10-6-3-2-4-7-10)15-9-5-8-14-12(15)18/h2-4,6-7H,5,8-9H2,1H3,(H,14,18)(H,16,17). The van der Waals surface area contributed by atoms with Gasteiger partial charge in [-0.05, 0) is 18.9 Å². The van der Waals surface area contributed by atoms with Crippen LogP contribution in [0.3, 0.4) is 0 Å². The monoisotopic (exact) mass is 248 g/mol. The summed E-state index contributed by atoms with van der Waals surface area (Å²) in [5, 5.41) is 12.2. The Balaban J connectivity index is 2.44. The van der Waals surface area contributed by atoms with Crippen molar-refractivity contribution in [3.63, 3.8) is 0 Å². The molecule has 1 heterocycles. The zero-order valence-corrected chi connectivity index (χ0v) is 10.2. The normalized spacial score (nSPS) is 18.9. The quantitative estimate of drug-likeness (QED) is 0.849. The first kappa shape index (κ1) is 12.4. The molecule has 0 aromatic heterocycles. The SMILES string of the molecule is CC(C(=O)O)(c1ccccc1)N1CCCNC1=O. The Bertz CT molecular complexity index is 461. The molecule has 1 aromatic carbocycles. The summed E-state index contributed by atoms with van der Waals surface area (Å²) in [6.07, 6.45) is 0.751. The fourth-order valence-electron chi connectivity index (χ4n) is 2.21. The lowest BCUT2D eigenvalue weighted by molar-refractivity contribution is -0.149. The minimum atomic E-state index is -1.33. The maximum Gasteiger partial charge on any atom is 0.334 e. The van der Waals surface area contributed by atoms with Crippen molar-refractivity contribution in [3.8, 4) is 0 Å². The van der Waals surface area contributed by atoms with E-state index in [0.29, 0.717) is 18.7 Å². The third-order valence-corrected chi connectivity index (χ3v) is 3.37. The summed E-state index contributed by atoms with van der Waals surface area (Å²) in [4.78, 5) is 24.9. The third kappa shape index (κ3) is 1.92. The molecule has 1 aliphatic rings. The van der Waals surface area contributed by atoms with Crippen LogP contribution < -0.4 is 5.32 Å². The first-order chi connectivity index (χ1) is 8.56. The first-order valence-corrected chi connectivity index (χ1v) is 5.91. The van der Waals surface area contributed by atoms with Gasteiger partial charge in [0, 0.05) is 13.1 Å². The summed E-state index contributed by atoms with van der Waals surface area (Å²) >= 11 is 0. The van der Waals surface area contributed by atoms with Crippen LogP contribution in [0.15, 0.2) is 30.3 Å². The Morgan fingerprint density at radius 1 is 1.39 bits per heavy atom. The molecule has 2 rings (SSSR count). The Morgan fingerprint density at radius 2 is 2.06 bits per heavy atom. The molecule has 0 bridgehead atoms. The lowest BCUT2D eigenvalue weighted by atomic mass is 9.89. The lowest BCUT2D eigenvalue weighted by Crippen LogP contribution is -2.58. The fraction of sp³-hybridized carbons (Fsp3) is 0.385. The number of amides is 2. The van der Waals surface area contributed by atoms with Gasteiger partial charge in [0.2, 0.25) is 0 Å². The predicted octanol–water partition coefficient (Wildman–Crippen LogP) is 1.40. The van der Waals surface area contributed by atoms with Gasteiger partial charge in [0.15, 0.2) is 5.54 Å². The zero-order chi connectivity index (χ0) is 13.2. The average molecular weight is 248 g/mol. The van der Waals surface area contributed by atoms with Crippen molar-refractivity contribution < 1.29 is 14.7 Å². The van der Waals surface area contributed by atoms with Gasteiger partial charge in [0.1, 0.15) is 0 Å². The van der Waals surface area contributed by atoms with Crippen molar-refractivity contribution in [2.24, 2.45) is 0 Å². The Labute approximate surface area is 105 Å². The first-order valence-electron chi connectivity index (χ1n) is 5.91. The molecule has 0 radical (unpaired) electrons. The number of nitrogens with zero attached hydrogens (tertiary/aromatic N) is 1. The lowest BCUT2D eigenvalue weighted by Gasteiger charge is -2.40. The predicted molar refractivity (Wildman–Crippen MR) is 66.2 cm³/mol. The zero-order valence-electron chi connectivity index (χ0n) is 10.2. The molecule has 96 valence electrons. The molecule has 2 N–H and O–H groups in total. The van der Waals surface area contributed by atoms with E-state index in [9.17, 15) is 14.7 Å². The highest BCUT2D eigenvalue weighted by atomic mass is 16.4. The number of benzene rings is 1. The Hall–Kier alpha value is -2.04. The molecule has 5 nitrogen and oxygen atoms in total. The van der Waals surface area contributed by atoms with Crippen molar-refractivity contribution in [2.45, 2.75) is 18.9 Å². The summed E-state index contributed by atoms with van der Waals surface area (Å²) < 4.78 is 0. The van der Waals surface area contributed by atoms with Crippen LogP contribution in [0.4, 0.5) is 4.79 Å². The van der Waals surface area contributed by atoms with Crippen LogP contribution >= 0.6 is 0 Å². The van der Waals surface area contributed by atoms with Crippen LogP contribution in [0.25, 0.3) is 0 Å². The van der Waals surface area contributed by atoms with Gasteiger partial charge in [-0.2, -0.15) is 0 Å². The van der Waals surface area contributed by atoms with Gasteiger partial charge < -0.3 is 15.3 Å². The van der Waals surface area contributed by atoms with E-state index in [1.807, 2.05) is 6.07 Å². The van der Waals surface area contributed by atoms with Gasteiger partial charge in [0.05, 0.1) is 0 Å². The number of urea groups is 1. The Kier molecular flexibility index (Phi) is 3.23. The van der Waals surface area contributed by atoms with Gasteiger partial charge in [0.25, 0.3) is 0 Å². The van der Waals surface area contributed by atoms with E-state index in [4.69, 9.17) is 0 Å². The number of carbonyl (C=O) groups excluding carboxylic acids is 1. The summed E-state index contributed by atoms with van der Waals surface area (Å²) in [6.45, 7) is 2.61. The van der Waals surface area contributed by atoms with Gasteiger partial charge in [-0.25, -0.2) is 9.59 Å². The molecule has 5 heteroatoms.